The lowest BCUT2D eigenvalue weighted by atomic mass is 9.93. The number of hydrogen-bond donors (Lipinski definition) is 3. The normalized spacial score (nSPS) is 32.4. The fraction of sp³-hybridized carbons (Fsp3) is 0.818. The van der Waals surface area contributed by atoms with Gasteiger partial charge in [0.2, 0.25) is 5.91 Å². The molecule has 6 nitrogen and oxygen atoms in total. The van der Waals surface area contributed by atoms with Crippen molar-refractivity contribution in [1.29, 1.82) is 0 Å². The third kappa shape index (κ3) is 2.09. The molecular formula is C11H19N3O3. The lowest BCUT2D eigenvalue weighted by molar-refractivity contribution is -0.140. The van der Waals surface area contributed by atoms with Crippen molar-refractivity contribution in [2.24, 2.45) is 16.3 Å². The molecule has 1 aliphatic carbocycles. The number of nitrogens with two attached hydrogens (primary N) is 1. The lowest BCUT2D eigenvalue weighted by Gasteiger charge is -2.38. The Morgan fingerprint density at radius 2 is 2.06 bits per heavy atom. The molecule has 0 bridgehead atoms. The number of hydrogen-bond acceptors (Lipinski definition) is 4. The highest BCUT2D eigenvalue weighted by Crippen LogP contribution is 2.48. The first-order valence-electron chi connectivity index (χ1n) is 5.91. The van der Waals surface area contributed by atoms with Crippen LogP contribution in [0.1, 0.15) is 32.6 Å². The van der Waals surface area contributed by atoms with Crippen LogP contribution in [0.4, 0.5) is 0 Å². The Balaban J connectivity index is 2.11. The predicted octanol–water partition coefficient (Wildman–Crippen LogP) is -0.114. The topological polar surface area (TPSA) is 99.2 Å². The molecule has 1 amide bonds. The average Bonchev–Trinajstić information content (AvgIpc) is 3.07. The monoisotopic (exact) mass is 241 g/mol. The first kappa shape index (κ1) is 12.2. The number of oxime groups is 1. The highest BCUT2D eigenvalue weighted by Gasteiger charge is 2.56. The first-order valence-corrected chi connectivity index (χ1v) is 5.91. The summed E-state index contributed by atoms with van der Waals surface area (Å²) >= 11 is 0. The van der Waals surface area contributed by atoms with Gasteiger partial charge in [0.05, 0.1) is 5.60 Å². The highest BCUT2D eigenvalue weighted by atomic mass is 16.4. The van der Waals surface area contributed by atoms with E-state index < -0.39 is 11.0 Å². The number of piperidine rings is 1. The van der Waals surface area contributed by atoms with Crippen molar-refractivity contribution < 1.29 is 15.1 Å². The summed E-state index contributed by atoms with van der Waals surface area (Å²) in [5.41, 5.74) is 3.95. The SMILES string of the molecule is CC1(O)CCCN(C(=O)C2(C(N)=NO)CC2)C1. The quantitative estimate of drug-likeness (QED) is 0.272. The van der Waals surface area contributed by atoms with E-state index in [4.69, 9.17) is 10.9 Å². The average molecular weight is 241 g/mol. The molecule has 2 rings (SSSR count). The van der Waals surface area contributed by atoms with Crippen LogP contribution in [0, 0.1) is 5.41 Å². The number of β-amino-alcohol motifs (C(OH)–C–C–N with tert-alkyl or cyclic N) is 1. The van der Waals surface area contributed by atoms with Crippen molar-refractivity contribution in [3.8, 4) is 0 Å². The van der Waals surface area contributed by atoms with Gasteiger partial charge in [-0.3, -0.25) is 4.79 Å². The summed E-state index contributed by atoms with van der Waals surface area (Å²) in [6, 6.07) is 0. The van der Waals surface area contributed by atoms with Crippen LogP contribution in [0.2, 0.25) is 0 Å². The molecule has 1 atom stereocenters. The standard InChI is InChI=1S/C11H19N3O3/c1-10(16)3-2-6-14(7-10)9(15)11(4-5-11)8(12)13-17/h16-17H,2-7H2,1H3,(H2,12,13). The van der Waals surface area contributed by atoms with Gasteiger partial charge in [-0.15, -0.1) is 0 Å². The van der Waals surface area contributed by atoms with Crippen LogP contribution >= 0.6 is 0 Å². The van der Waals surface area contributed by atoms with Gasteiger partial charge in [-0.25, -0.2) is 0 Å². The van der Waals surface area contributed by atoms with Crippen LogP contribution < -0.4 is 5.73 Å². The molecule has 17 heavy (non-hydrogen) atoms. The number of carbonyl (C=O) groups excluding carboxylic acids is 1. The van der Waals surface area contributed by atoms with Crippen LogP contribution in [-0.2, 0) is 4.79 Å². The molecule has 2 aliphatic rings. The second-order valence-electron chi connectivity index (χ2n) is 5.39. The van der Waals surface area contributed by atoms with Crippen molar-refractivity contribution in [3.63, 3.8) is 0 Å². The van der Waals surface area contributed by atoms with E-state index in [-0.39, 0.29) is 11.7 Å². The molecule has 1 heterocycles. The number of amides is 1. The molecule has 0 spiro atoms. The van der Waals surface area contributed by atoms with Gasteiger partial charge >= 0.3 is 0 Å². The zero-order chi connectivity index (χ0) is 12.7. The van der Waals surface area contributed by atoms with Gasteiger partial charge in [0, 0.05) is 13.1 Å². The molecule has 96 valence electrons. The van der Waals surface area contributed by atoms with Crippen LogP contribution in [-0.4, -0.2) is 45.6 Å². The summed E-state index contributed by atoms with van der Waals surface area (Å²) < 4.78 is 0. The van der Waals surface area contributed by atoms with Gasteiger partial charge in [-0.2, -0.15) is 0 Å². The number of amidine groups is 1. The molecule has 0 aromatic carbocycles. The zero-order valence-corrected chi connectivity index (χ0v) is 10.0. The van der Waals surface area contributed by atoms with E-state index in [2.05, 4.69) is 5.16 Å². The van der Waals surface area contributed by atoms with E-state index in [9.17, 15) is 9.90 Å². The minimum Gasteiger partial charge on any atom is -0.409 e. The van der Waals surface area contributed by atoms with E-state index in [0.29, 0.717) is 32.4 Å². The van der Waals surface area contributed by atoms with Gasteiger partial charge in [0.25, 0.3) is 0 Å². The van der Waals surface area contributed by atoms with Crippen molar-refractivity contribution in [1.82, 2.24) is 4.90 Å². The summed E-state index contributed by atoms with van der Waals surface area (Å²) in [4.78, 5) is 13.9. The van der Waals surface area contributed by atoms with Gasteiger partial charge < -0.3 is 20.9 Å². The van der Waals surface area contributed by atoms with Crippen LogP contribution in [0.5, 0.6) is 0 Å². The molecule has 0 radical (unpaired) electrons. The molecular weight excluding hydrogens is 222 g/mol. The van der Waals surface area contributed by atoms with Crippen molar-refractivity contribution in [2.75, 3.05) is 13.1 Å². The van der Waals surface area contributed by atoms with Crippen molar-refractivity contribution >= 4 is 11.7 Å². The van der Waals surface area contributed by atoms with Gasteiger partial charge in [0.1, 0.15) is 5.41 Å². The Labute approximate surface area is 100 Å². The largest absolute Gasteiger partial charge is 0.409 e. The summed E-state index contributed by atoms with van der Waals surface area (Å²) in [7, 11) is 0. The van der Waals surface area contributed by atoms with Crippen LogP contribution in [0.3, 0.4) is 0 Å². The Morgan fingerprint density at radius 3 is 2.53 bits per heavy atom. The number of aliphatic hydroxyl groups is 1. The second-order valence-corrected chi connectivity index (χ2v) is 5.39. The molecule has 0 aromatic rings. The molecule has 1 unspecified atom stereocenters. The Kier molecular flexibility index (Phi) is 2.77. The van der Waals surface area contributed by atoms with E-state index >= 15 is 0 Å². The molecule has 6 heteroatoms. The summed E-state index contributed by atoms with van der Waals surface area (Å²) in [6.07, 6.45) is 2.74. The van der Waals surface area contributed by atoms with Crippen LogP contribution in [0.25, 0.3) is 0 Å². The predicted molar refractivity (Wildman–Crippen MR) is 61.5 cm³/mol. The highest BCUT2D eigenvalue weighted by molar-refractivity contribution is 6.09. The molecule has 1 saturated heterocycles. The molecule has 4 N–H and O–H groups in total. The molecule has 2 fully saturated rings. The lowest BCUT2D eigenvalue weighted by Crippen LogP contribution is -2.52. The van der Waals surface area contributed by atoms with E-state index in [1.807, 2.05) is 0 Å². The maximum Gasteiger partial charge on any atom is 0.236 e. The van der Waals surface area contributed by atoms with Crippen molar-refractivity contribution in [3.05, 3.63) is 0 Å². The van der Waals surface area contributed by atoms with Gasteiger partial charge in [0.15, 0.2) is 5.84 Å². The van der Waals surface area contributed by atoms with Crippen molar-refractivity contribution in [2.45, 2.75) is 38.2 Å². The number of carbonyl (C=O) groups is 1. The molecule has 1 aliphatic heterocycles. The smallest absolute Gasteiger partial charge is 0.236 e. The Morgan fingerprint density at radius 1 is 1.41 bits per heavy atom. The molecule has 1 saturated carbocycles. The minimum absolute atomic E-state index is 0.00674. The summed E-state index contributed by atoms with van der Waals surface area (Å²) in [5.74, 6) is -0.125. The Hall–Kier alpha value is -1.30. The van der Waals surface area contributed by atoms with Gasteiger partial charge in [-0.05, 0) is 32.6 Å². The van der Waals surface area contributed by atoms with Crippen LogP contribution in [0.15, 0.2) is 5.16 Å². The van der Waals surface area contributed by atoms with E-state index in [1.165, 1.54) is 0 Å². The maximum atomic E-state index is 12.3. The fourth-order valence-corrected chi connectivity index (χ4v) is 2.50. The first-order chi connectivity index (χ1) is 7.91. The molecule has 0 aromatic heterocycles. The minimum atomic E-state index is -0.824. The van der Waals surface area contributed by atoms with E-state index in [1.54, 1.807) is 11.8 Å². The number of likely N-dealkylation sites (tertiary alicyclic amines) is 1. The summed E-state index contributed by atoms with van der Waals surface area (Å²) in [5, 5.41) is 21.6. The Bertz CT molecular complexity index is 361. The van der Waals surface area contributed by atoms with E-state index in [0.717, 1.165) is 6.42 Å². The summed E-state index contributed by atoms with van der Waals surface area (Å²) in [6.45, 7) is 2.69. The number of rotatable bonds is 2. The van der Waals surface area contributed by atoms with Gasteiger partial charge in [-0.1, -0.05) is 5.16 Å². The third-order valence-electron chi connectivity index (χ3n) is 3.72. The number of nitrogens with zero attached hydrogens (tertiary/aromatic N) is 2. The maximum absolute atomic E-state index is 12.3. The fourth-order valence-electron chi connectivity index (χ4n) is 2.50. The third-order valence-corrected chi connectivity index (χ3v) is 3.72. The second kappa shape index (κ2) is 3.87. The zero-order valence-electron chi connectivity index (χ0n) is 10.0.